The highest BCUT2D eigenvalue weighted by Gasteiger charge is 2.26. The molecule has 1 amide bonds. The van der Waals surface area contributed by atoms with Crippen LogP contribution in [0.5, 0.6) is 0 Å². The van der Waals surface area contributed by atoms with Gasteiger partial charge in [0.25, 0.3) is 10.0 Å². The first kappa shape index (κ1) is 15.5. The summed E-state index contributed by atoms with van der Waals surface area (Å²) >= 11 is 0.927. The number of carboxylic acids is 1. The number of aryl methyl sites for hydroxylation is 1. The minimum atomic E-state index is -3.96. The molecule has 0 aliphatic heterocycles. The van der Waals surface area contributed by atoms with Crippen molar-refractivity contribution >= 4 is 33.2 Å². The van der Waals surface area contributed by atoms with Crippen molar-refractivity contribution in [2.75, 3.05) is 0 Å². The molecule has 10 heteroatoms. The molecular formula is C9H13N3O5S2. The smallest absolute Gasteiger partial charge is 0.321 e. The Labute approximate surface area is 113 Å². The van der Waals surface area contributed by atoms with Crippen LogP contribution in [0, 0.1) is 6.92 Å². The number of thiazole rings is 1. The van der Waals surface area contributed by atoms with E-state index in [4.69, 9.17) is 10.8 Å². The van der Waals surface area contributed by atoms with Crippen molar-refractivity contribution in [3.05, 3.63) is 11.2 Å². The highest BCUT2D eigenvalue weighted by atomic mass is 32.2. The van der Waals surface area contributed by atoms with E-state index in [1.54, 1.807) is 6.92 Å². The van der Waals surface area contributed by atoms with Crippen LogP contribution < -0.4 is 10.5 Å². The van der Waals surface area contributed by atoms with E-state index < -0.39 is 27.9 Å². The molecule has 0 fully saturated rings. The van der Waals surface area contributed by atoms with Crippen LogP contribution in [0.4, 0.5) is 0 Å². The number of sulfonamides is 1. The summed E-state index contributed by atoms with van der Waals surface area (Å²) < 4.78 is 25.7. The lowest BCUT2D eigenvalue weighted by Crippen LogP contribution is -2.41. The lowest BCUT2D eigenvalue weighted by Gasteiger charge is -2.12. The third kappa shape index (κ3) is 4.58. The van der Waals surface area contributed by atoms with Crippen LogP contribution in [-0.2, 0) is 19.6 Å². The van der Waals surface area contributed by atoms with Crippen LogP contribution in [-0.4, -0.2) is 36.4 Å². The van der Waals surface area contributed by atoms with Crippen LogP contribution in [0.25, 0.3) is 0 Å². The molecule has 0 aromatic carbocycles. The normalized spacial score (nSPS) is 13.1. The minimum absolute atomic E-state index is 0.0738. The van der Waals surface area contributed by atoms with Gasteiger partial charge in [0, 0.05) is 6.42 Å². The van der Waals surface area contributed by atoms with Gasteiger partial charge >= 0.3 is 5.97 Å². The summed E-state index contributed by atoms with van der Waals surface area (Å²) in [6.45, 7) is 1.63. The molecule has 8 nitrogen and oxygen atoms in total. The summed E-state index contributed by atoms with van der Waals surface area (Å²) in [5.41, 5.74) is 4.90. The number of aliphatic carboxylic acids is 1. The molecule has 0 aliphatic rings. The van der Waals surface area contributed by atoms with Crippen molar-refractivity contribution < 1.29 is 23.1 Å². The molecule has 1 aromatic heterocycles. The van der Waals surface area contributed by atoms with Gasteiger partial charge in [-0.1, -0.05) is 0 Å². The number of nitrogens with zero attached hydrogens (tertiary/aromatic N) is 1. The van der Waals surface area contributed by atoms with Crippen molar-refractivity contribution in [3.8, 4) is 0 Å². The summed E-state index contributed by atoms with van der Waals surface area (Å²) in [4.78, 5) is 25.3. The maximum atomic E-state index is 11.9. The fourth-order valence-electron chi connectivity index (χ4n) is 1.23. The first-order valence-corrected chi connectivity index (χ1v) is 7.48. The quantitative estimate of drug-likeness (QED) is 0.617. The van der Waals surface area contributed by atoms with Gasteiger partial charge in [0.15, 0.2) is 4.21 Å². The monoisotopic (exact) mass is 307 g/mol. The maximum absolute atomic E-state index is 11.9. The molecule has 0 aliphatic carbocycles. The standard InChI is InChI=1S/C9H13N3O5S2/c1-5-11-4-8(18-5)19(16,17)12-6(9(14)15)2-3-7(10)13/h4,6,12H,2-3H2,1H3,(H2,10,13)(H,14,15)/t6-/m0/s1. The van der Waals surface area contributed by atoms with Crippen LogP contribution >= 0.6 is 11.3 Å². The predicted octanol–water partition coefficient (Wildman–Crippen LogP) is -0.551. The predicted molar refractivity (Wildman–Crippen MR) is 67.0 cm³/mol. The Morgan fingerprint density at radius 2 is 2.21 bits per heavy atom. The van der Waals surface area contributed by atoms with Gasteiger partial charge in [-0.15, -0.1) is 11.3 Å². The van der Waals surface area contributed by atoms with Gasteiger partial charge in [0.2, 0.25) is 5.91 Å². The van der Waals surface area contributed by atoms with Crippen molar-refractivity contribution in [2.45, 2.75) is 30.0 Å². The molecule has 0 saturated carbocycles. The number of carboxylic acid groups (broad SMARTS) is 1. The van der Waals surface area contributed by atoms with E-state index in [2.05, 4.69) is 4.98 Å². The topological polar surface area (TPSA) is 139 Å². The Kier molecular flexibility index (Phi) is 4.97. The zero-order valence-corrected chi connectivity index (χ0v) is 11.6. The second-order valence-corrected chi connectivity index (χ2v) is 6.89. The molecule has 0 bridgehead atoms. The van der Waals surface area contributed by atoms with E-state index in [9.17, 15) is 18.0 Å². The average molecular weight is 307 g/mol. The summed E-state index contributed by atoms with van der Waals surface area (Å²) in [5.74, 6) is -2.06. The Bertz CT molecular complexity index is 580. The molecule has 0 spiro atoms. The number of rotatable bonds is 7. The van der Waals surface area contributed by atoms with E-state index in [0.717, 1.165) is 17.5 Å². The highest BCUT2D eigenvalue weighted by molar-refractivity contribution is 7.91. The molecule has 19 heavy (non-hydrogen) atoms. The number of primary amides is 1. The SMILES string of the molecule is Cc1ncc(S(=O)(=O)N[C@@H](CCC(N)=O)C(=O)O)s1. The van der Waals surface area contributed by atoms with E-state index >= 15 is 0 Å². The third-order valence-corrected chi connectivity index (χ3v) is 4.99. The van der Waals surface area contributed by atoms with E-state index in [1.165, 1.54) is 0 Å². The van der Waals surface area contributed by atoms with E-state index in [-0.39, 0.29) is 17.1 Å². The Morgan fingerprint density at radius 1 is 1.58 bits per heavy atom. The summed E-state index contributed by atoms with van der Waals surface area (Å²) in [5, 5.41) is 9.46. The molecular weight excluding hydrogens is 294 g/mol. The van der Waals surface area contributed by atoms with Crippen LogP contribution in [0.15, 0.2) is 10.4 Å². The number of carbonyl (C=O) groups is 2. The number of hydrogen-bond acceptors (Lipinski definition) is 6. The van der Waals surface area contributed by atoms with Crippen LogP contribution in [0.3, 0.4) is 0 Å². The molecule has 1 aromatic rings. The average Bonchev–Trinajstić information content (AvgIpc) is 2.71. The van der Waals surface area contributed by atoms with Crippen LogP contribution in [0.2, 0.25) is 0 Å². The fourth-order valence-corrected chi connectivity index (χ4v) is 3.58. The Morgan fingerprint density at radius 3 is 2.63 bits per heavy atom. The van der Waals surface area contributed by atoms with Gasteiger partial charge in [-0.3, -0.25) is 9.59 Å². The van der Waals surface area contributed by atoms with Gasteiger partial charge in [-0.2, -0.15) is 4.72 Å². The summed E-state index contributed by atoms with van der Waals surface area (Å²) in [7, 11) is -3.96. The summed E-state index contributed by atoms with van der Waals surface area (Å²) in [6, 6.07) is -1.40. The first-order chi connectivity index (χ1) is 8.72. The molecule has 0 radical (unpaired) electrons. The number of nitrogens with two attached hydrogens (primary N) is 1. The lowest BCUT2D eigenvalue weighted by molar-refractivity contribution is -0.139. The van der Waals surface area contributed by atoms with Crippen molar-refractivity contribution in [3.63, 3.8) is 0 Å². The van der Waals surface area contributed by atoms with Gasteiger partial charge in [0.1, 0.15) is 6.04 Å². The largest absolute Gasteiger partial charge is 0.480 e. The zero-order valence-electron chi connectivity index (χ0n) is 9.99. The van der Waals surface area contributed by atoms with Gasteiger partial charge in [-0.25, -0.2) is 13.4 Å². The molecule has 1 atom stereocenters. The number of aromatic nitrogens is 1. The molecule has 1 rings (SSSR count). The van der Waals surface area contributed by atoms with Crippen molar-refractivity contribution in [1.82, 2.24) is 9.71 Å². The number of amides is 1. The lowest BCUT2D eigenvalue weighted by atomic mass is 10.2. The van der Waals surface area contributed by atoms with Crippen molar-refractivity contribution in [2.24, 2.45) is 5.73 Å². The van der Waals surface area contributed by atoms with Gasteiger partial charge in [0.05, 0.1) is 11.2 Å². The molecule has 1 heterocycles. The second kappa shape index (κ2) is 6.08. The molecule has 106 valence electrons. The second-order valence-electron chi connectivity index (χ2n) is 3.72. The van der Waals surface area contributed by atoms with E-state index in [1.807, 2.05) is 4.72 Å². The number of hydrogen-bond donors (Lipinski definition) is 3. The first-order valence-electron chi connectivity index (χ1n) is 5.18. The molecule has 4 N–H and O–H groups in total. The Hall–Kier alpha value is -1.52. The van der Waals surface area contributed by atoms with Gasteiger partial charge in [-0.05, 0) is 13.3 Å². The van der Waals surface area contributed by atoms with Gasteiger partial charge < -0.3 is 10.8 Å². The zero-order chi connectivity index (χ0) is 14.6. The van der Waals surface area contributed by atoms with E-state index in [0.29, 0.717) is 5.01 Å². The summed E-state index contributed by atoms with van der Waals surface area (Å²) in [6.07, 6.45) is 0.720. The fraction of sp³-hybridized carbons (Fsp3) is 0.444. The molecule has 0 saturated heterocycles. The Balaban J connectivity index is 2.84. The minimum Gasteiger partial charge on any atom is -0.480 e. The number of nitrogens with one attached hydrogen (secondary N) is 1. The third-order valence-electron chi connectivity index (χ3n) is 2.14. The van der Waals surface area contributed by atoms with Crippen molar-refractivity contribution in [1.29, 1.82) is 0 Å². The molecule has 0 unspecified atom stereocenters. The number of carbonyl (C=O) groups excluding carboxylic acids is 1. The maximum Gasteiger partial charge on any atom is 0.321 e. The highest BCUT2D eigenvalue weighted by Crippen LogP contribution is 2.18. The van der Waals surface area contributed by atoms with Crippen LogP contribution in [0.1, 0.15) is 17.8 Å².